The first-order valence-electron chi connectivity index (χ1n) is 21.4. The molecule has 10 aromatic rings. The highest BCUT2D eigenvalue weighted by atomic mass is 15.1. The summed E-state index contributed by atoms with van der Waals surface area (Å²) in [7, 11) is 0. The van der Waals surface area contributed by atoms with Crippen molar-refractivity contribution in [3.8, 4) is 85.4 Å². The summed E-state index contributed by atoms with van der Waals surface area (Å²) in [6, 6.07) is 61.8. The SMILES string of the molecule is CC(C)c1cc(-c2nc3ccccc3n2-c2cc(-c3nc(-c4ccccc4)nc(-c4ccccc4)n3)cc(-c3nc(-c4ccccc4)nc(-c4ccccc4)n3)c2)cc(C(C)C)c1. The lowest BCUT2D eigenvalue weighted by Crippen LogP contribution is -2.04. The lowest BCUT2D eigenvalue weighted by Gasteiger charge is -2.17. The zero-order chi connectivity index (χ0) is 42.9. The van der Waals surface area contributed by atoms with E-state index in [1.165, 1.54) is 11.1 Å². The Morgan fingerprint density at radius 1 is 0.317 bits per heavy atom. The maximum Gasteiger partial charge on any atom is 0.164 e. The lowest BCUT2D eigenvalue weighted by atomic mass is 9.93. The molecule has 8 nitrogen and oxygen atoms in total. The van der Waals surface area contributed by atoms with E-state index < -0.39 is 0 Å². The van der Waals surface area contributed by atoms with E-state index in [9.17, 15) is 0 Å². The van der Waals surface area contributed by atoms with E-state index in [0.717, 1.165) is 61.5 Å². The van der Waals surface area contributed by atoms with E-state index in [0.29, 0.717) is 46.8 Å². The third kappa shape index (κ3) is 8.02. The fraction of sp³-hybridized carbons (Fsp3) is 0.109. The topological polar surface area (TPSA) is 95.2 Å². The van der Waals surface area contributed by atoms with Crippen molar-refractivity contribution in [3.05, 3.63) is 193 Å². The van der Waals surface area contributed by atoms with Crippen LogP contribution in [0.1, 0.15) is 50.7 Å². The molecule has 304 valence electrons. The van der Waals surface area contributed by atoms with Crippen molar-refractivity contribution in [2.75, 3.05) is 0 Å². The predicted molar refractivity (Wildman–Crippen MR) is 254 cm³/mol. The molecule has 0 unspecified atom stereocenters. The quantitative estimate of drug-likeness (QED) is 0.136. The average molecular weight is 817 g/mol. The van der Waals surface area contributed by atoms with Gasteiger partial charge in [-0.3, -0.25) is 4.57 Å². The summed E-state index contributed by atoms with van der Waals surface area (Å²) in [5, 5.41) is 0. The monoisotopic (exact) mass is 816 g/mol. The van der Waals surface area contributed by atoms with Gasteiger partial charge in [0.25, 0.3) is 0 Å². The predicted octanol–water partition coefficient (Wildman–Crippen LogP) is 13.3. The number of rotatable bonds is 10. The maximum atomic E-state index is 5.36. The molecular weight excluding hydrogens is 773 g/mol. The summed E-state index contributed by atoms with van der Waals surface area (Å²) in [6.45, 7) is 8.97. The molecule has 7 aromatic carbocycles. The lowest BCUT2D eigenvalue weighted by molar-refractivity contribution is 0.834. The summed E-state index contributed by atoms with van der Waals surface area (Å²) in [5.74, 6) is 4.82. The van der Waals surface area contributed by atoms with Crippen molar-refractivity contribution in [1.29, 1.82) is 0 Å². The minimum absolute atomic E-state index is 0.332. The molecule has 0 atom stereocenters. The second-order valence-corrected chi connectivity index (χ2v) is 16.3. The van der Waals surface area contributed by atoms with Crippen LogP contribution < -0.4 is 0 Å². The molecule has 0 fully saturated rings. The van der Waals surface area contributed by atoms with Crippen molar-refractivity contribution in [1.82, 2.24) is 39.5 Å². The highest BCUT2D eigenvalue weighted by Crippen LogP contribution is 2.37. The number of nitrogens with zero attached hydrogens (tertiary/aromatic N) is 8. The Hall–Kier alpha value is -7.97. The highest BCUT2D eigenvalue weighted by Gasteiger charge is 2.22. The molecule has 0 spiro atoms. The van der Waals surface area contributed by atoms with E-state index in [2.05, 4.69) is 86.9 Å². The summed E-state index contributed by atoms with van der Waals surface area (Å²) in [6.07, 6.45) is 0. The van der Waals surface area contributed by atoms with Gasteiger partial charge < -0.3 is 0 Å². The van der Waals surface area contributed by atoms with E-state index in [4.69, 9.17) is 34.9 Å². The molecule has 0 bridgehead atoms. The Balaban J connectivity index is 1.28. The Kier molecular flexibility index (Phi) is 10.5. The van der Waals surface area contributed by atoms with Crippen LogP contribution in [0.2, 0.25) is 0 Å². The number of fused-ring (bicyclic) bond motifs is 1. The Bertz CT molecular complexity index is 2930. The first-order valence-corrected chi connectivity index (χ1v) is 21.4. The van der Waals surface area contributed by atoms with E-state index in [1.807, 2.05) is 127 Å². The van der Waals surface area contributed by atoms with E-state index >= 15 is 0 Å². The van der Waals surface area contributed by atoms with Crippen molar-refractivity contribution in [2.24, 2.45) is 0 Å². The Labute approximate surface area is 367 Å². The maximum absolute atomic E-state index is 5.36. The number of imidazole rings is 1. The average Bonchev–Trinajstić information content (AvgIpc) is 3.74. The van der Waals surface area contributed by atoms with Crippen LogP contribution in [-0.2, 0) is 0 Å². The molecule has 10 rings (SSSR count). The van der Waals surface area contributed by atoms with Crippen molar-refractivity contribution in [2.45, 2.75) is 39.5 Å². The van der Waals surface area contributed by atoms with Gasteiger partial charge in [-0.15, -0.1) is 0 Å². The van der Waals surface area contributed by atoms with Crippen LogP contribution in [0.4, 0.5) is 0 Å². The van der Waals surface area contributed by atoms with Gasteiger partial charge in [-0.2, -0.15) is 0 Å². The van der Waals surface area contributed by atoms with Crippen LogP contribution in [0, 0.1) is 0 Å². The van der Waals surface area contributed by atoms with Crippen molar-refractivity contribution >= 4 is 11.0 Å². The second kappa shape index (κ2) is 16.8. The fourth-order valence-electron chi connectivity index (χ4n) is 7.83. The van der Waals surface area contributed by atoms with Gasteiger partial charge in [0.1, 0.15) is 5.82 Å². The fourth-order valence-corrected chi connectivity index (χ4v) is 7.83. The largest absolute Gasteiger partial charge is 0.292 e. The summed E-state index contributed by atoms with van der Waals surface area (Å²) in [5.41, 5.74) is 11.4. The molecule has 0 amide bonds. The molecule has 0 saturated heterocycles. The third-order valence-corrected chi connectivity index (χ3v) is 11.2. The highest BCUT2D eigenvalue weighted by molar-refractivity contribution is 5.85. The summed E-state index contributed by atoms with van der Waals surface area (Å²) in [4.78, 5) is 36.2. The number of benzene rings is 7. The third-order valence-electron chi connectivity index (χ3n) is 11.2. The molecule has 0 radical (unpaired) electrons. The minimum Gasteiger partial charge on any atom is -0.292 e. The summed E-state index contributed by atoms with van der Waals surface area (Å²) < 4.78 is 2.25. The molecule has 8 heteroatoms. The van der Waals surface area contributed by atoms with Gasteiger partial charge in [0.15, 0.2) is 34.9 Å². The molecule has 3 heterocycles. The standard InChI is InChI=1S/C55H44N8/c1-35(2)41-29-42(36(3)4)31-45(30-41)55-56-47-27-17-18-28-48(47)63(55)46-33-43(53-59-49(37-19-9-5-10-20-37)57-50(60-53)38-21-11-6-12-22-38)32-44(34-46)54-61-51(39-23-13-7-14-24-39)58-52(62-54)40-25-15-8-16-26-40/h5-36H,1-4H3. The molecule has 63 heavy (non-hydrogen) atoms. The normalized spacial score (nSPS) is 11.5. The molecule has 0 aliphatic heterocycles. The minimum atomic E-state index is 0.332. The van der Waals surface area contributed by atoms with Crippen LogP contribution in [-0.4, -0.2) is 39.5 Å². The van der Waals surface area contributed by atoms with Crippen LogP contribution >= 0.6 is 0 Å². The van der Waals surface area contributed by atoms with Gasteiger partial charge >= 0.3 is 0 Å². The van der Waals surface area contributed by atoms with Gasteiger partial charge in [-0.05, 0) is 65.4 Å². The molecule has 3 aromatic heterocycles. The summed E-state index contributed by atoms with van der Waals surface area (Å²) >= 11 is 0. The zero-order valence-corrected chi connectivity index (χ0v) is 35.6. The van der Waals surface area contributed by atoms with Crippen molar-refractivity contribution < 1.29 is 0 Å². The van der Waals surface area contributed by atoms with Crippen LogP contribution in [0.25, 0.3) is 96.4 Å². The van der Waals surface area contributed by atoms with Crippen LogP contribution in [0.3, 0.4) is 0 Å². The second-order valence-electron chi connectivity index (χ2n) is 16.3. The van der Waals surface area contributed by atoms with Crippen LogP contribution in [0.5, 0.6) is 0 Å². The molecule has 0 saturated carbocycles. The van der Waals surface area contributed by atoms with Gasteiger partial charge in [-0.25, -0.2) is 34.9 Å². The first-order chi connectivity index (χ1) is 30.8. The molecule has 0 aliphatic carbocycles. The first kappa shape index (κ1) is 39.2. The van der Waals surface area contributed by atoms with Gasteiger partial charge in [0.05, 0.1) is 11.0 Å². The van der Waals surface area contributed by atoms with Gasteiger partial charge in [-0.1, -0.05) is 167 Å². The zero-order valence-electron chi connectivity index (χ0n) is 35.6. The molecule has 0 aliphatic rings. The number of hydrogen-bond acceptors (Lipinski definition) is 7. The number of hydrogen-bond donors (Lipinski definition) is 0. The Morgan fingerprint density at radius 2 is 0.667 bits per heavy atom. The van der Waals surface area contributed by atoms with Gasteiger partial charge in [0.2, 0.25) is 0 Å². The molecule has 0 N–H and O–H groups in total. The molecular formula is C55H44N8. The van der Waals surface area contributed by atoms with E-state index in [1.54, 1.807) is 0 Å². The Morgan fingerprint density at radius 3 is 1.05 bits per heavy atom. The van der Waals surface area contributed by atoms with Gasteiger partial charge in [0, 0.05) is 44.6 Å². The smallest absolute Gasteiger partial charge is 0.164 e. The van der Waals surface area contributed by atoms with Crippen LogP contribution in [0.15, 0.2) is 182 Å². The van der Waals surface area contributed by atoms with Crippen molar-refractivity contribution in [3.63, 3.8) is 0 Å². The number of aromatic nitrogens is 8. The number of para-hydroxylation sites is 2. The van der Waals surface area contributed by atoms with E-state index in [-0.39, 0.29) is 0 Å².